The summed E-state index contributed by atoms with van der Waals surface area (Å²) in [5.74, 6) is 1.70. The monoisotopic (exact) mass is 316 g/mol. The maximum Gasteiger partial charge on any atom is 0.0580 e. The highest BCUT2D eigenvalue weighted by Gasteiger charge is 2.33. The van der Waals surface area contributed by atoms with Crippen LogP contribution in [0.4, 0.5) is 0 Å². The molecule has 0 amide bonds. The van der Waals surface area contributed by atoms with Crippen molar-refractivity contribution in [1.29, 1.82) is 0 Å². The van der Waals surface area contributed by atoms with Gasteiger partial charge in [0.2, 0.25) is 0 Å². The average Bonchev–Trinajstić information content (AvgIpc) is 2.36. The van der Waals surface area contributed by atoms with Gasteiger partial charge in [0.25, 0.3) is 0 Å². The van der Waals surface area contributed by atoms with Crippen LogP contribution in [0.5, 0.6) is 0 Å². The summed E-state index contributed by atoms with van der Waals surface area (Å²) in [7, 11) is 0. The fourth-order valence-electron chi connectivity index (χ4n) is 3.92. The molecule has 0 heterocycles. The molecule has 0 radical (unpaired) electrons. The van der Waals surface area contributed by atoms with Gasteiger partial charge >= 0.3 is 0 Å². The standard InChI is InChI=1S/C16H29BrO/c1-13-8-14(2)10-15(9-13)18-12-16(11-17)6-4-3-5-7-16/h13-15H,3-12H2,1-2H3. The van der Waals surface area contributed by atoms with Gasteiger partial charge in [-0.2, -0.15) is 0 Å². The van der Waals surface area contributed by atoms with Gasteiger partial charge in [0.05, 0.1) is 12.7 Å². The molecular weight excluding hydrogens is 288 g/mol. The first-order chi connectivity index (χ1) is 8.63. The van der Waals surface area contributed by atoms with Crippen LogP contribution in [0.25, 0.3) is 0 Å². The van der Waals surface area contributed by atoms with Gasteiger partial charge in [-0.15, -0.1) is 0 Å². The van der Waals surface area contributed by atoms with Gasteiger partial charge in [0.1, 0.15) is 0 Å². The Hall–Kier alpha value is 0.440. The van der Waals surface area contributed by atoms with E-state index in [2.05, 4.69) is 29.8 Å². The Morgan fingerprint density at radius 2 is 1.61 bits per heavy atom. The van der Waals surface area contributed by atoms with Crippen molar-refractivity contribution in [2.24, 2.45) is 17.3 Å². The average molecular weight is 317 g/mol. The summed E-state index contributed by atoms with van der Waals surface area (Å²) in [6.45, 7) is 5.75. The fraction of sp³-hybridized carbons (Fsp3) is 1.00. The van der Waals surface area contributed by atoms with Crippen molar-refractivity contribution in [3.63, 3.8) is 0 Å². The lowest BCUT2D eigenvalue weighted by Gasteiger charge is -2.38. The molecule has 0 aliphatic heterocycles. The quantitative estimate of drug-likeness (QED) is 0.650. The molecular formula is C16H29BrO. The van der Waals surface area contributed by atoms with Gasteiger partial charge in [0.15, 0.2) is 0 Å². The number of rotatable bonds is 4. The summed E-state index contributed by atoms with van der Waals surface area (Å²) >= 11 is 3.74. The molecule has 0 aromatic heterocycles. The molecule has 0 spiro atoms. The van der Waals surface area contributed by atoms with Crippen LogP contribution < -0.4 is 0 Å². The lowest BCUT2D eigenvalue weighted by molar-refractivity contribution is -0.0462. The fourth-order valence-corrected chi connectivity index (χ4v) is 4.64. The zero-order chi connectivity index (χ0) is 13.0. The molecule has 0 N–H and O–H groups in total. The number of hydrogen-bond acceptors (Lipinski definition) is 1. The van der Waals surface area contributed by atoms with Crippen LogP contribution in [-0.2, 0) is 4.74 Å². The van der Waals surface area contributed by atoms with Crippen LogP contribution in [0.1, 0.15) is 65.2 Å². The van der Waals surface area contributed by atoms with Crippen LogP contribution in [0, 0.1) is 17.3 Å². The molecule has 0 bridgehead atoms. The Bertz CT molecular complexity index is 237. The number of ether oxygens (including phenoxy) is 1. The topological polar surface area (TPSA) is 9.23 Å². The van der Waals surface area contributed by atoms with E-state index in [0.717, 1.165) is 23.8 Å². The van der Waals surface area contributed by atoms with E-state index in [1.54, 1.807) is 0 Å². The Morgan fingerprint density at radius 3 is 2.17 bits per heavy atom. The van der Waals surface area contributed by atoms with Crippen molar-refractivity contribution in [3.8, 4) is 0 Å². The van der Waals surface area contributed by atoms with Gasteiger partial charge in [0, 0.05) is 10.7 Å². The second-order valence-electron chi connectivity index (χ2n) is 7.04. The highest BCUT2D eigenvalue weighted by Crippen LogP contribution is 2.39. The molecule has 1 nitrogen and oxygen atoms in total. The molecule has 2 heteroatoms. The first kappa shape index (κ1) is 14.8. The maximum absolute atomic E-state index is 6.33. The molecule has 2 rings (SSSR count). The molecule has 2 fully saturated rings. The normalized spacial score (nSPS) is 36.5. The van der Waals surface area contributed by atoms with Gasteiger partial charge in [-0.3, -0.25) is 0 Å². The van der Waals surface area contributed by atoms with Crippen LogP contribution >= 0.6 is 15.9 Å². The smallest absolute Gasteiger partial charge is 0.0580 e. The maximum atomic E-state index is 6.33. The van der Waals surface area contributed by atoms with Crippen LogP contribution in [-0.4, -0.2) is 18.0 Å². The summed E-state index contributed by atoms with van der Waals surface area (Å²) < 4.78 is 6.33. The summed E-state index contributed by atoms with van der Waals surface area (Å²) in [5, 5.41) is 1.12. The van der Waals surface area contributed by atoms with E-state index < -0.39 is 0 Å². The molecule has 2 saturated carbocycles. The predicted molar refractivity (Wildman–Crippen MR) is 81.2 cm³/mol. The number of hydrogen-bond donors (Lipinski definition) is 0. The van der Waals surface area contributed by atoms with Gasteiger partial charge < -0.3 is 4.74 Å². The third-order valence-corrected chi connectivity index (χ3v) is 6.15. The highest BCUT2D eigenvalue weighted by molar-refractivity contribution is 9.09. The van der Waals surface area contributed by atoms with E-state index in [-0.39, 0.29) is 0 Å². The van der Waals surface area contributed by atoms with Gasteiger partial charge in [-0.25, -0.2) is 0 Å². The second kappa shape index (κ2) is 6.74. The predicted octanol–water partition coefficient (Wildman–Crippen LogP) is 5.17. The van der Waals surface area contributed by atoms with E-state index in [1.165, 1.54) is 51.4 Å². The zero-order valence-electron chi connectivity index (χ0n) is 12.1. The Labute approximate surface area is 121 Å². The van der Waals surface area contributed by atoms with E-state index in [9.17, 15) is 0 Å². The summed E-state index contributed by atoms with van der Waals surface area (Å²) in [5.41, 5.74) is 0.447. The van der Waals surface area contributed by atoms with E-state index in [0.29, 0.717) is 11.5 Å². The Kier molecular flexibility index (Phi) is 5.56. The molecule has 0 saturated heterocycles. The summed E-state index contributed by atoms with van der Waals surface area (Å²) in [6, 6.07) is 0. The minimum absolute atomic E-state index is 0.447. The minimum Gasteiger partial charge on any atom is -0.378 e. The third kappa shape index (κ3) is 3.96. The SMILES string of the molecule is CC1CC(C)CC(OCC2(CBr)CCCCC2)C1. The van der Waals surface area contributed by atoms with Crippen molar-refractivity contribution in [2.75, 3.05) is 11.9 Å². The first-order valence-corrected chi connectivity index (χ1v) is 8.93. The largest absolute Gasteiger partial charge is 0.378 e. The zero-order valence-corrected chi connectivity index (χ0v) is 13.7. The van der Waals surface area contributed by atoms with Crippen molar-refractivity contribution < 1.29 is 4.74 Å². The van der Waals surface area contributed by atoms with Crippen LogP contribution in [0.3, 0.4) is 0 Å². The number of alkyl halides is 1. The third-order valence-electron chi connectivity index (χ3n) is 4.96. The van der Waals surface area contributed by atoms with E-state index in [1.807, 2.05) is 0 Å². The summed E-state index contributed by atoms with van der Waals surface area (Å²) in [6.07, 6.45) is 11.4. The Morgan fingerprint density at radius 1 is 1.00 bits per heavy atom. The lowest BCUT2D eigenvalue weighted by atomic mass is 9.76. The molecule has 106 valence electrons. The van der Waals surface area contributed by atoms with E-state index in [4.69, 9.17) is 4.74 Å². The molecule has 2 unspecified atom stereocenters. The molecule has 0 aromatic carbocycles. The van der Waals surface area contributed by atoms with Gasteiger partial charge in [-0.05, 0) is 43.9 Å². The molecule has 2 aliphatic carbocycles. The minimum atomic E-state index is 0.447. The molecule has 18 heavy (non-hydrogen) atoms. The molecule has 0 aromatic rings. The number of halogens is 1. The van der Waals surface area contributed by atoms with Crippen molar-refractivity contribution >= 4 is 15.9 Å². The Balaban J connectivity index is 1.82. The van der Waals surface area contributed by atoms with Crippen LogP contribution in [0.15, 0.2) is 0 Å². The van der Waals surface area contributed by atoms with Gasteiger partial charge in [-0.1, -0.05) is 49.0 Å². The van der Waals surface area contributed by atoms with Crippen molar-refractivity contribution in [2.45, 2.75) is 71.3 Å². The second-order valence-corrected chi connectivity index (χ2v) is 7.61. The van der Waals surface area contributed by atoms with E-state index >= 15 is 0 Å². The summed E-state index contributed by atoms with van der Waals surface area (Å²) in [4.78, 5) is 0. The highest BCUT2D eigenvalue weighted by atomic mass is 79.9. The molecule has 2 aliphatic rings. The molecule has 2 atom stereocenters. The van der Waals surface area contributed by atoms with Crippen LogP contribution in [0.2, 0.25) is 0 Å². The van der Waals surface area contributed by atoms with Crippen molar-refractivity contribution in [3.05, 3.63) is 0 Å². The van der Waals surface area contributed by atoms with Crippen molar-refractivity contribution in [1.82, 2.24) is 0 Å². The lowest BCUT2D eigenvalue weighted by Crippen LogP contribution is -2.35. The first-order valence-electron chi connectivity index (χ1n) is 7.81.